The Hall–Kier alpha value is -3.46. The van der Waals surface area contributed by atoms with Crippen LogP contribution in [-0.2, 0) is 22.6 Å². The highest BCUT2D eigenvalue weighted by Crippen LogP contribution is 2.27. The van der Waals surface area contributed by atoms with Crippen LogP contribution in [0.25, 0.3) is 0 Å². The number of nitro groups is 1. The summed E-state index contributed by atoms with van der Waals surface area (Å²) in [4.78, 5) is 38.7. The molecule has 2 aromatic rings. The molecule has 0 bridgehead atoms. The van der Waals surface area contributed by atoms with Gasteiger partial charge in [-0.3, -0.25) is 24.6 Å². The Kier molecular flexibility index (Phi) is 7.19. The number of carbonyl (C=O) groups is 2. The Balaban J connectivity index is 1.16. The second-order valence-electron chi connectivity index (χ2n) is 8.40. The van der Waals surface area contributed by atoms with Crippen LogP contribution in [0.2, 0.25) is 0 Å². The number of ether oxygens (including phenoxy) is 1. The summed E-state index contributed by atoms with van der Waals surface area (Å²) < 4.78 is 5.81. The molecule has 2 aliphatic heterocycles. The highest BCUT2D eigenvalue weighted by atomic mass is 16.6. The Bertz CT molecular complexity index is 1030. The molecule has 2 heterocycles. The number of nitro benzene ring substituents is 1. The molecule has 0 unspecified atom stereocenters. The van der Waals surface area contributed by atoms with E-state index >= 15 is 0 Å². The predicted octanol–water partition coefficient (Wildman–Crippen LogP) is 2.98. The van der Waals surface area contributed by atoms with Crippen LogP contribution in [0.15, 0.2) is 42.5 Å². The summed E-state index contributed by atoms with van der Waals surface area (Å²) in [6.45, 7) is 3.91. The van der Waals surface area contributed by atoms with E-state index in [0.29, 0.717) is 51.9 Å². The summed E-state index contributed by atoms with van der Waals surface area (Å²) in [6, 6.07) is 12.4. The SMILES string of the molecule is O=C1CCc2cc(OCCCC(=O)N3CCN(Cc4cccc([N+](=O)[O-])c4)CC3)ccc2N1. The topological polar surface area (TPSA) is 105 Å². The Labute approximate surface area is 192 Å². The first-order valence-electron chi connectivity index (χ1n) is 11.3. The van der Waals surface area contributed by atoms with Gasteiger partial charge in [-0.05, 0) is 42.2 Å². The molecule has 1 fully saturated rings. The minimum Gasteiger partial charge on any atom is -0.494 e. The van der Waals surface area contributed by atoms with Gasteiger partial charge in [0.2, 0.25) is 11.8 Å². The number of carbonyl (C=O) groups excluding carboxylic acids is 2. The van der Waals surface area contributed by atoms with Crippen molar-refractivity contribution in [1.82, 2.24) is 9.80 Å². The van der Waals surface area contributed by atoms with Crippen molar-refractivity contribution < 1.29 is 19.2 Å². The lowest BCUT2D eigenvalue weighted by molar-refractivity contribution is -0.384. The summed E-state index contributed by atoms with van der Waals surface area (Å²) >= 11 is 0. The lowest BCUT2D eigenvalue weighted by atomic mass is 10.0. The smallest absolute Gasteiger partial charge is 0.269 e. The van der Waals surface area contributed by atoms with Gasteiger partial charge in [0.15, 0.2) is 0 Å². The third kappa shape index (κ3) is 6.07. The van der Waals surface area contributed by atoms with Gasteiger partial charge in [0, 0.05) is 63.4 Å². The van der Waals surface area contributed by atoms with Crippen LogP contribution in [0.1, 0.15) is 30.4 Å². The second-order valence-corrected chi connectivity index (χ2v) is 8.40. The number of fused-ring (bicyclic) bond motifs is 1. The number of non-ortho nitro benzene ring substituents is 1. The van der Waals surface area contributed by atoms with Crippen molar-refractivity contribution in [3.63, 3.8) is 0 Å². The van der Waals surface area contributed by atoms with E-state index in [2.05, 4.69) is 10.2 Å². The normalized spacial score (nSPS) is 16.1. The quantitative estimate of drug-likeness (QED) is 0.375. The van der Waals surface area contributed by atoms with Gasteiger partial charge in [-0.2, -0.15) is 0 Å². The fourth-order valence-corrected chi connectivity index (χ4v) is 4.20. The minimum atomic E-state index is -0.380. The van der Waals surface area contributed by atoms with E-state index in [-0.39, 0.29) is 22.4 Å². The Morgan fingerprint density at radius 3 is 2.70 bits per heavy atom. The van der Waals surface area contributed by atoms with Crippen LogP contribution in [0.4, 0.5) is 11.4 Å². The van der Waals surface area contributed by atoms with E-state index in [1.807, 2.05) is 29.2 Å². The molecular weight excluding hydrogens is 424 g/mol. The van der Waals surface area contributed by atoms with Gasteiger partial charge in [0.05, 0.1) is 11.5 Å². The zero-order valence-corrected chi connectivity index (χ0v) is 18.5. The first-order chi connectivity index (χ1) is 16.0. The molecule has 4 rings (SSSR count). The number of hydrogen-bond acceptors (Lipinski definition) is 6. The van der Waals surface area contributed by atoms with E-state index in [4.69, 9.17) is 4.74 Å². The third-order valence-electron chi connectivity index (χ3n) is 6.03. The Morgan fingerprint density at radius 2 is 1.91 bits per heavy atom. The largest absolute Gasteiger partial charge is 0.494 e. The van der Waals surface area contributed by atoms with Crippen LogP contribution in [0.5, 0.6) is 5.75 Å². The number of piperazine rings is 1. The molecule has 0 aromatic heterocycles. The molecule has 0 saturated carbocycles. The standard InChI is InChI=1S/C24H28N4O5/c29-23-9-6-19-16-21(7-8-22(19)25-23)33-14-2-5-24(30)27-12-10-26(11-13-27)17-18-3-1-4-20(15-18)28(31)32/h1,3-4,7-8,15-16H,2,5-6,9-14,17H2,(H,25,29). The maximum absolute atomic E-state index is 12.6. The van der Waals surface area contributed by atoms with E-state index in [1.54, 1.807) is 12.1 Å². The average Bonchev–Trinajstić information content (AvgIpc) is 2.82. The van der Waals surface area contributed by atoms with Gasteiger partial charge >= 0.3 is 0 Å². The zero-order chi connectivity index (χ0) is 23.2. The number of hydrogen-bond donors (Lipinski definition) is 1. The van der Waals surface area contributed by atoms with E-state index in [1.165, 1.54) is 6.07 Å². The molecular formula is C24H28N4O5. The van der Waals surface area contributed by atoms with Gasteiger partial charge in [-0.25, -0.2) is 0 Å². The van der Waals surface area contributed by atoms with Gasteiger partial charge in [0.25, 0.3) is 5.69 Å². The number of amides is 2. The number of nitrogens with zero attached hydrogens (tertiary/aromatic N) is 3. The molecule has 2 aromatic carbocycles. The molecule has 2 aliphatic rings. The lowest BCUT2D eigenvalue weighted by Gasteiger charge is -2.34. The molecule has 174 valence electrons. The second kappa shape index (κ2) is 10.4. The molecule has 33 heavy (non-hydrogen) atoms. The molecule has 1 saturated heterocycles. The van der Waals surface area contributed by atoms with Gasteiger partial charge in [-0.15, -0.1) is 0 Å². The van der Waals surface area contributed by atoms with Crippen molar-refractivity contribution in [2.24, 2.45) is 0 Å². The monoisotopic (exact) mass is 452 g/mol. The number of benzene rings is 2. The average molecular weight is 453 g/mol. The van der Waals surface area contributed by atoms with E-state index in [9.17, 15) is 19.7 Å². The number of anilines is 1. The number of rotatable bonds is 8. The van der Waals surface area contributed by atoms with Crippen molar-refractivity contribution in [3.05, 3.63) is 63.7 Å². The van der Waals surface area contributed by atoms with E-state index < -0.39 is 0 Å². The molecule has 0 radical (unpaired) electrons. The van der Waals surface area contributed by atoms with Crippen LogP contribution < -0.4 is 10.1 Å². The maximum Gasteiger partial charge on any atom is 0.269 e. The molecule has 2 amide bonds. The molecule has 0 aliphatic carbocycles. The van der Waals surface area contributed by atoms with Crippen molar-refractivity contribution in [1.29, 1.82) is 0 Å². The molecule has 0 atom stereocenters. The van der Waals surface area contributed by atoms with Gasteiger partial charge < -0.3 is 15.0 Å². The van der Waals surface area contributed by atoms with Crippen molar-refractivity contribution in [2.45, 2.75) is 32.2 Å². The predicted molar refractivity (Wildman–Crippen MR) is 123 cm³/mol. The zero-order valence-electron chi connectivity index (χ0n) is 18.5. The van der Waals surface area contributed by atoms with Crippen molar-refractivity contribution >= 4 is 23.2 Å². The Morgan fingerprint density at radius 1 is 1.09 bits per heavy atom. The first-order valence-corrected chi connectivity index (χ1v) is 11.3. The summed E-state index contributed by atoms with van der Waals surface area (Å²) in [7, 11) is 0. The minimum absolute atomic E-state index is 0.0413. The summed E-state index contributed by atoms with van der Waals surface area (Å²) in [5.74, 6) is 0.924. The van der Waals surface area contributed by atoms with Crippen LogP contribution in [0, 0.1) is 10.1 Å². The highest BCUT2D eigenvalue weighted by Gasteiger charge is 2.21. The number of nitrogens with one attached hydrogen (secondary N) is 1. The van der Waals surface area contributed by atoms with E-state index in [0.717, 1.165) is 35.7 Å². The van der Waals surface area contributed by atoms with Crippen molar-refractivity contribution in [3.8, 4) is 5.75 Å². The first kappa shape index (κ1) is 22.7. The molecule has 9 heteroatoms. The third-order valence-corrected chi connectivity index (χ3v) is 6.03. The van der Waals surface area contributed by atoms with Crippen molar-refractivity contribution in [2.75, 3.05) is 38.1 Å². The fourth-order valence-electron chi connectivity index (χ4n) is 4.20. The molecule has 0 spiro atoms. The fraction of sp³-hybridized carbons (Fsp3) is 0.417. The number of aryl methyl sites for hydroxylation is 1. The molecule has 1 N–H and O–H groups in total. The maximum atomic E-state index is 12.6. The van der Waals surface area contributed by atoms with Gasteiger partial charge in [-0.1, -0.05) is 12.1 Å². The van der Waals surface area contributed by atoms with Crippen LogP contribution in [-0.4, -0.2) is 59.3 Å². The summed E-state index contributed by atoms with van der Waals surface area (Å²) in [5.41, 5.74) is 2.93. The van der Waals surface area contributed by atoms with Gasteiger partial charge in [0.1, 0.15) is 5.75 Å². The lowest BCUT2D eigenvalue weighted by Crippen LogP contribution is -2.48. The van der Waals surface area contributed by atoms with Crippen LogP contribution >= 0.6 is 0 Å². The molecule has 9 nitrogen and oxygen atoms in total. The summed E-state index contributed by atoms with van der Waals surface area (Å²) in [5, 5.41) is 13.8. The summed E-state index contributed by atoms with van der Waals surface area (Å²) in [6.07, 6.45) is 2.28. The van der Waals surface area contributed by atoms with Crippen LogP contribution in [0.3, 0.4) is 0 Å². The highest BCUT2D eigenvalue weighted by molar-refractivity contribution is 5.94.